The summed E-state index contributed by atoms with van der Waals surface area (Å²) in [6.45, 7) is 11.0. The van der Waals surface area contributed by atoms with Crippen molar-refractivity contribution in [1.82, 2.24) is 5.32 Å². The Labute approximate surface area is 185 Å². The van der Waals surface area contributed by atoms with Crippen LogP contribution < -0.4 is 15.1 Å². The van der Waals surface area contributed by atoms with Crippen molar-refractivity contribution in [2.75, 3.05) is 19.6 Å². The van der Waals surface area contributed by atoms with E-state index in [9.17, 15) is 9.18 Å². The second kappa shape index (κ2) is 11.4. The Kier molecular flexibility index (Phi) is 8.67. The molecule has 1 saturated heterocycles. The third kappa shape index (κ3) is 7.18. The first-order valence-electron chi connectivity index (χ1n) is 11.7. The number of furan rings is 1. The maximum atomic E-state index is 13.5. The van der Waals surface area contributed by atoms with Crippen molar-refractivity contribution >= 4 is 5.91 Å². The number of halogens is 1. The van der Waals surface area contributed by atoms with Gasteiger partial charge in [-0.1, -0.05) is 12.1 Å². The van der Waals surface area contributed by atoms with E-state index in [0.717, 1.165) is 30.3 Å². The van der Waals surface area contributed by atoms with Gasteiger partial charge in [-0.25, -0.2) is 4.39 Å². The van der Waals surface area contributed by atoms with Crippen LogP contribution >= 0.6 is 0 Å². The van der Waals surface area contributed by atoms with Gasteiger partial charge >= 0.3 is 0 Å². The maximum Gasteiger partial charge on any atom is 0.287 e. The van der Waals surface area contributed by atoms with Gasteiger partial charge in [0.25, 0.3) is 5.91 Å². The number of likely N-dealkylation sites (tertiary alicyclic amines) is 1. The van der Waals surface area contributed by atoms with Gasteiger partial charge in [-0.15, -0.1) is 0 Å². The zero-order valence-electron chi connectivity index (χ0n) is 19.2. The molecule has 6 heteroatoms. The van der Waals surface area contributed by atoms with Gasteiger partial charge in [0.15, 0.2) is 11.5 Å². The minimum Gasteiger partial charge on any atom is -0.450 e. The molecule has 1 aliphatic heterocycles. The number of amides is 1. The minimum atomic E-state index is -0.214. The molecule has 1 aromatic heterocycles. The Balaban J connectivity index is 1.47. The van der Waals surface area contributed by atoms with Crippen molar-refractivity contribution < 1.29 is 23.4 Å². The van der Waals surface area contributed by atoms with Crippen LogP contribution in [-0.4, -0.2) is 37.6 Å². The average molecular weight is 432 g/mol. The number of piperidine rings is 1. The van der Waals surface area contributed by atoms with Gasteiger partial charge in [0.05, 0.1) is 25.2 Å². The number of carbonyl (C=O) groups is 1. The normalized spacial score (nSPS) is 20.0. The lowest BCUT2D eigenvalue weighted by atomic mass is 10.0. The summed E-state index contributed by atoms with van der Waals surface area (Å²) in [5.74, 6) is 0.775. The van der Waals surface area contributed by atoms with Gasteiger partial charge in [-0.2, -0.15) is 0 Å². The smallest absolute Gasteiger partial charge is 0.287 e. The third-order valence-corrected chi connectivity index (χ3v) is 6.47. The molecule has 1 aliphatic rings. The number of quaternary nitrogens is 2. The van der Waals surface area contributed by atoms with Gasteiger partial charge < -0.3 is 19.5 Å². The highest BCUT2D eigenvalue weighted by Crippen LogP contribution is 2.08. The van der Waals surface area contributed by atoms with Gasteiger partial charge in [-0.3, -0.25) is 4.79 Å². The van der Waals surface area contributed by atoms with Gasteiger partial charge in [0.1, 0.15) is 18.9 Å². The monoisotopic (exact) mass is 431 g/mol. The fraction of sp³-hybridized carbons (Fsp3) is 0.560. The number of nitrogens with one attached hydrogen (secondary N) is 3. The largest absolute Gasteiger partial charge is 0.450 e. The van der Waals surface area contributed by atoms with E-state index in [2.05, 4.69) is 26.1 Å². The van der Waals surface area contributed by atoms with Crippen LogP contribution in [0.5, 0.6) is 0 Å². The van der Waals surface area contributed by atoms with Crippen LogP contribution in [0.25, 0.3) is 0 Å². The molecule has 0 saturated carbocycles. The lowest BCUT2D eigenvalue weighted by molar-refractivity contribution is -0.949. The molecule has 1 amide bonds. The van der Waals surface area contributed by atoms with E-state index in [-0.39, 0.29) is 11.7 Å². The molecule has 1 aromatic carbocycles. The van der Waals surface area contributed by atoms with Crippen LogP contribution in [0.3, 0.4) is 0 Å². The zero-order valence-corrected chi connectivity index (χ0v) is 19.2. The molecule has 3 N–H and O–H groups in total. The quantitative estimate of drug-likeness (QED) is 0.504. The van der Waals surface area contributed by atoms with Crippen LogP contribution in [0.2, 0.25) is 0 Å². The summed E-state index contributed by atoms with van der Waals surface area (Å²) in [6, 6.07) is 11.4. The molecule has 3 atom stereocenters. The molecule has 2 unspecified atom stereocenters. The SMILES string of the molecule is CC(C)[NH+](Cc1cccc(F)c1)Cc1ccc(C(=O)NCCC[NH+]2CCCC[C@H]2C)o1. The van der Waals surface area contributed by atoms with Crippen LogP contribution in [0, 0.1) is 5.82 Å². The summed E-state index contributed by atoms with van der Waals surface area (Å²) in [7, 11) is 0. The first-order chi connectivity index (χ1) is 14.9. The number of benzene rings is 1. The minimum absolute atomic E-state index is 0.149. The first-order valence-corrected chi connectivity index (χ1v) is 11.7. The summed E-state index contributed by atoms with van der Waals surface area (Å²) in [6.07, 6.45) is 4.96. The topological polar surface area (TPSA) is 51.1 Å². The molecule has 2 heterocycles. The van der Waals surface area contributed by atoms with E-state index in [4.69, 9.17) is 4.42 Å². The summed E-state index contributed by atoms with van der Waals surface area (Å²) < 4.78 is 19.4. The molecule has 2 aromatic rings. The van der Waals surface area contributed by atoms with E-state index in [0.29, 0.717) is 31.4 Å². The third-order valence-electron chi connectivity index (χ3n) is 6.47. The number of carbonyl (C=O) groups excluding carboxylic acids is 1. The zero-order chi connectivity index (χ0) is 22.2. The standard InChI is InChI=1S/C25H36FN3O2/c1-19(2)29(17-21-9-6-10-22(26)16-21)18-23-11-12-24(31-23)25(30)27-13-7-15-28-14-5-4-8-20(28)3/h6,9-12,16,19-20H,4-5,7-8,13-15,17-18H2,1-3H3,(H,27,30)/p+2/t20-/m1/s1. The molecule has 31 heavy (non-hydrogen) atoms. The van der Waals surface area contributed by atoms with Crippen molar-refractivity contribution in [3.63, 3.8) is 0 Å². The van der Waals surface area contributed by atoms with E-state index in [1.165, 1.54) is 36.8 Å². The van der Waals surface area contributed by atoms with Crippen LogP contribution in [-0.2, 0) is 13.1 Å². The summed E-state index contributed by atoms with van der Waals surface area (Å²) in [4.78, 5) is 15.4. The molecule has 3 rings (SSSR count). The molecule has 0 spiro atoms. The number of hydrogen-bond donors (Lipinski definition) is 3. The highest BCUT2D eigenvalue weighted by molar-refractivity contribution is 5.91. The lowest BCUT2D eigenvalue weighted by Gasteiger charge is -2.30. The van der Waals surface area contributed by atoms with Crippen molar-refractivity contribution in [2.45, 2.75) is 71.6 Å². The molecule has 170 valence electrons. The predicted molar refractivity (Wildman–Crippen MR) is 120 cm³/mol. The Hall–Kier alpha value is -2.18. The van der Waals surface area contributed by atoms with Crippen molar-refractivity contribution in [3.05, 3.63) is 59.3 Å². The maximum absolute atomic E-state index is 13.5. The number of rotatable bonds is 10. The molecular weight excluding hydrogens is 393 g/mol. The fourth-order valence-corrected chi connectivity index (χ4v) is 4.43. The fourth-order valence-electron chi connectivity index (χ4n) is 4.43. The van der Waals surface area contributed by atoms with Gasteiger partial charge in [0, 0.05) is 18.5 Å². The van der Waals surface area contributed by atoms with Crippen molar-refractivity contribution in [3.8, 4) is 0 Å². The van der Waals surface area contributed by atoms with Crippen molar-refractivity contribution in [1.29, 1.82) is 0 Å². The molecule has 0 radical (unpaired) electrons. The average Bonchev–Trinajstić information content (AvgIpc) is 3.20. The second-order valence-electron chi connectivity index (χ2n) is 9.23. The van der Waals surface area contributed by atoms with E-state index >= 15 is 0 Å². The van der Waals surface area contributed by atoms with Crippen LogP contribution in [0.15, 0.2) is 40.8 Å². The van der Waals surface area contributed by atoms with Crippen LogP contribution in [0.4, 0.5) is 4.39 Å². The van der Waals surface area contributed by atoms with Gasteiger partial charge in [-0.05, 0) is 64.3 Å². The second-order valence-corrected chi connectivity index (χ2v) is 9.23. The Bertz CT molecular complexity index is 836. The van der Waals surface area contributed by atoms with E-state index < -0.39 is 0 Å². The lowest BCUT2D eigenvalue weighted by Crippen LogP contribution is -3.16. The number of hydrogen-bond acceptors (Lipinski definition) is 2. The molecule has 0 aliphatic carbocycles. The van der Waals surface area contributed by atoms with Crippen molar-refractivity contribution in [2.24, 2.45) is 0 Å². The van der Waals surface area contributed by atoms with E-state index in [1.807, 2.05) is 12.1 Å². The van der Waals surface area contributed by atoms with E-state index in [1.54, 1.807) is 23.1 Å². The molecule has 1 fully saturated rings. The van der Waals surface area contributed by atoms with Crippen LogP contribution in [0.1, 0.15) is 68.3 Å². The summed E-state index contributed by atoms with van der Waals surface area (Å²) in [5, 5.41) is 2.99. The Morgan fingerprint density at radius 3 is 2.84 bits per heavy atom. The molecular formula is C25H38FN3O2+2. The molecule has 5 nitrogen and oxygen atoms in total. The first kappa shape index (κ1) is 23.5. The molecule has 0 bridgehead atoms. The Morgan fingerprint density at radius 1 is 1.26 bits per heavy atom. The summed E-state index contributed by atoms with van der Waals surface area (Å²) >= 11 is 0. The Morgan fingerprint density at radius 2 is 2.10 bits per heavy atom. The predicted octanol–water partition coefficient (Wildman–Crippen LogP) is 1.99. The van der Waals surface area contributed by atoms with Gasteiger partial charge in [0.2, 0.25) is 0 Å². The summed E-state index contributed by atoms with van der Waals surface area (Å²) in [5.41, 5.74) is 0.957. The highest BCUT2D eigenvalue weighted by atomic mass is 19.1. The highest BCUT2D eigenvalue weighted by Gasteiger charge is 2.22.